The van der Waals surface area contributed by atoms with Gasteiger partial charge in [-0.1, -0.05) is 6.92 Å². The van der Waals surface area contributed by atoms with Crippen molar-refractivity contribution in [2.45, 2.75) is 33.1 Å². The number of carbonyl (C=O) groups excluding carboxylic acids is 2. The quantitative estimate of drug-likeness (QED) is 0.846. The highest BCUT2D eigenvalue weighted by Crippen LogP contribution is 2.23. The second-order valence-corrected chi connectivity index (χ2v) is 5.78. The molecule has 1 N–H and O–H groups in total. The van der Waals surface area contributed by atoms with Crippen molar-refractivity contribution in [3.8, 4) is 0 Å². The fraction of sp³-hybridized carbons (Fsp3) is 0.625. The summed E-state index contributed by atoms with van der Waals surface area (Å²) in [6.07, 6.45) is 3.70. The van der Waals surface area contributed by atoms with Crippen molar-refractivity contribution in [2.75, 3.05) is 33.2 Å². The van der Waals surface area contributed by atoms with Gasteiger partial charge in [0, 0.05) is 26.8 Å². The first-order valence-corrected chi connectivity index (χ1v) is 7.72. The average molecular weight is 293 g/mol. The Morgan fingerprint density at radius 2 is 2.19 bits per heavy atom. The average Bonchev–Trinajstić information content (AvgIpc) is 2.79. The fourth-order valence-electron chi connectivity index (χ4n) is 2.80. The van der Waals surface area contributed by atoms with Gasteiger partial charge >= 0.3 is 0 Å². The highest BCUT2D eigenvalue weighted by atomic mass is 16.2. The molecule has 1 aromatic rings. The van der Waals surface area contributed by atoms with E-state index in [0.717, 1.165) is 68.5 Å². The molecule has 0 spiro atoms. The third-order valence-corrected chi connectivity index (χ3v) is 4.38. The molecule has 1 aliphatic rings. The van der Waals surface area contributed by atoms with E-state index in [2.05, 4.69) is 23.9 Å². The number of carbonyl (C=O) groups is 2. The minimum atomic E-state index is 0. The molecule has 0 aromatic carbocycles. The molecule has 1 aromatic heterocycles. The normalized spacial score (nSPS) is 15.8. The van der Waals surface area contributed by atoms with E-state index in [0.29, 0.717) is 5.69 Å². The first kappa shape index (κ1) is 15.8. The minimum Gasteiger partial charge on any atom is -0.355 e. The lowest BCUT2D eigenvalue weighted by Crippen LogP contribution is -2.39. The number of hydrogen-bond donors (Lipinski definition) is 1. The smallest absolute Gasteiger partial charge is 0.256 e. The number of amides is 1. The fourth-order valence-corrected chi connectivity index (χ4v) is 2.80. The largest absolute Gasteiger partial charge is 0.355 e. The van der Waals surface area contributed by atoms with Gasteiger partial charge in [0.1, 0.15) is 0 Å². The number of aromatic amines is 1. The van der Waals surface area contributed by atoms with Crippen LogP contribution < -0.4 is 0 Å². The Bertz CT molecular complexity index is 528. The number of nitrogens with one attached hydrogen (secondary N) is 1. The first-order chi connectivity index (χ1) is 10.1. The molecule has 0 radical (unpaired) electrons. The Morgan fingerprint density at radius 3 is 2.86 bits per heavy atom. The van der Waals surface area contributed by atoms with E-state index in [4.69, 9.17) is 0 Å². The Hall–Kier alpha value is -1.62. The second-order valence-electron chi connectivity index (χ2n) is 5.78. The van der Waals surface area contributed by atoms with Crippen LogP contribution in [0.3, 0.4) is 0 Å². The van der Waals surface area contributed by atoms with Gasteiger partial charge in [-0.25, -0.2) is 0 Å². The van der Waals surface area contributed by atoms with Gasteiger partial charge in [0.25, 0.3) is 5.91 Å². The van der Waals surface area contributed by atoms with E-state index in [1.165, 1.54) is 0 Å². The lowest BCUT2D eigenvalue weighted by Gasteiger charge is -2.27. The van der Waals surface area contributed by atoms with Crippen molar-refractivity contribution in [2.24, 2.45) is 0 Å². The van der Waals surface area contributed by atoms with E-state index in [-0.39, 0.29) is 7.33 Å². The highest BCUT2D eigenvalue weighted by Gasteiger charge is 2.26. The predicted molar refractivity (Wildman–Crippen MR) is 85.0 cm³/mol. The van der Waals surface area contributed by atoms with Gasteiger partial charge in [-0.3, -0.25) is 9.59 Å². The topological polar surface area (TPSA) is 56.4 Å². The molecule has 0 saturated carbocycles. The van der Waals surface area contributed by atoms with Gasteiger partial charge in [-0.2, -0.15) is 0 Å². The SMILES string of the molecule is CCN(C)CCN1CCCCc2[nH]c(C=O)c(C)c2C1=O.[HH]. The number of likely N-dealkylation sites (N-methyl/N-ethyl adjacent to an activating group) is 1. The summed E-state index contributed by atoms with van der Waals surface area (Å²) in [6.45, 7) is 7.36. The summed E-state index contributed by atoms with van der Waals surface area (Å²) < 4.78 is 0. The van der Waals surface area contributed by atoms with Crippen molar-refractivity contribution in [3.05, 3.63) is 22.5 Å². The lowest BCUT2D eigenvalue weighted by molar-refractivity contribution is 0.0732. The zero-order valence-electron chi connectivity index (χ0n) is 13.2. The number of nitrogens with zero attached hydrogens (tertiary/aromatic N) is 2. The van der Waals surface area contributed by atoms with E-state index in [9.17, 15) is 9.59 Å². The van der Waals surface area contributed by atoms with Crippen LogP contribution in [0.1, 0.15) is 53.3 Å². The molecule has 0 unspecified atom stereocenters. The van der Waals surface area contributed by atoms with Gasteiger partial charge in [-0.15, -0.1) is 0 Å². The van der Waals surface area contributed by atoms with Gasteiger partial charge in [0.2, 0.25) is 0 Å². The van der Waals surface area contributed by atoms with E-state index < -0.39 is 0 Å². The molecule has 2 heterocycles. The number of hydrogen-bond acceptors (Lipinski definition) is 3. The Labute approximate surface area is 127 Å². The number of fused-ring (bicyclic) bond motifs is 1. The van der Waals surface area contributed by atoms with Gasteiger partial charge in [0.15, 0.2) is 6.29 Å². The zero-order valence-corrected chi connectivity index (χ0v) is 13.2. The maximum atomic E-state index is 12.8. The summed E-state index contributed by atoms with van der Waals surface area (Å²) >= 11 is 0. The maximum Gasteiger partial charge on any atom is 0.256 e. The Balaban J connectivity index is 0.00000242. The zero-order chi connectivity index (χ0) is 15.4. The molecular formula is C16H27N3O2. The maximum absolute atomic E-state index is 12.8. The van der Waals surface area contributed by atoms with Crippen LogP contribution in [0, 0.1) is 6.92 Å². The number of rotatable bonds is 5. The van der Waals surface area contributed by atoms with Crippen molar-refractivity contribution in [1.82, 2.24) is 14.8 Å². The molecule has 2 rings (SSSR count). The van der Waals surface area contributed by atoms with Crippen LogP contribution in [0.5, 0.6) is 0 Å². The molecule has 1 amide bonds. The molecule has 0 bridgehead atoms. The summed E-state index contributed by atoms with van der Waals surface area (Å²) in [5.41, 5.74) is 2.98. The molecule has 5 nitrogen and oxygen atoms in total. The molecular weight excluding hydrogens is 266 g/mol. The van der Waals surface area contributed by atoms with Crippen molar-refractivity contribution >= 4 is 12.2 Å². The summed E-state index contributed by atoms with van der Waals surface area (Å²) in [5, 5.41) is 0. The van der Waals surface area contributed by atoms with Crippen molar-refractivity contribution < 1.29 is 11.0 Å². The Morgan fingerprint density at radius 1 is 1.43 bits per heavy atom. The molecule has 0 atom stereocenters. The molecule has 0 fully saturated rings. The number of aromatic nitrogens is 1. The number of H-pyrrole nitrogens is 1. The Kier molecular flexibility index (Phi) is 5.17. The third kappa shape index (κ3) is 3.35. The summed E-state index contributed by atoms with van der Waals surface area (Å²) in [6, 6.07) is 0. The van der Waals surface area contributed by atoms with Gasteiger partial charge < -0.3 is 14.8 Å². The van der Waals surface area contributed by atoms with Gasteiger partial charge in [-0.05, 0) is 45.3 Å². The van der Waals surface area contributed by atoms with Crippen LogP contribution >= 0.6 is 0 Å². The summed E-state index contributed by atoms with van der Waals surface area (Å²) in [4.78, 5) is 31.2. The molecule has 118 valence electrons. The molecule has 5 heteroatoms. The molecule has 0 aliphatic carbocycles. The second kappa shape index (κ2) is 6.89. The standard InChI is InChI=1S/C16H25N3O2.H2/c1-4-18(3)9-10-19-8-6-5-7-13-15(16(19)21)12(2)14(11-20)17-13;/h11,17H,4-10H2,1-3H3;1H. The third-order valence-electron chi connectivity index (χ3n) is 4.38. The van der Waals surface area contributed by atoms with E-state index in [1.807, 2.05) is 11.8 Å². The minimum absolute atomic E-state index is 0. The molecule has 1 aliphatic heterocycles. The molecule has 21 heavy (non-hydrogen) atoms. The number of aryl methyl sites for hydroxylation is 1. The van der Waals surface area contributed by atoms with Crippen LogP contribution in [-0.4, -0.2) is 60.2 Å². The van der Waals surface area contributed by atoms with Gasteiger partial charge in [0.05, 0.1) is 11.3 Å². The van der Waals surface area contributed by atoms with E-state index in [1.54, 1.807) is 0 Å². The van der Waals surface area contributed by atoms with Crippen LogP contribution in [0.15, 0.2) is 0 Å². The molecule has 0 saturated heterocycles. The predicted octanol–water partition coefficient (Wildman–Crippen LogP) is 2.11. The van der Waals surface area contributed by atoms with Crippen LogP contribution in [0.4, 0.5) is 0 Å². The van der Waals surface area contributed by atoms with Crippen molar-refractivity contribution in [3.63, 3.8) is 0 Å². The lowest BCUT2D eigenvalue weighted by atomic mass is 10.0. The van der Waals surface area contributed by atoms with Crippen molar-refractivity contribution in [1.29, 1.82) is 0 Å². The highest BCUT2D eigenvalue weighted by molar-refractivity contribution is 5.99. The first-order valence-electron chi connectivity index (χ1n) is 7.72. The van der Waals surface area contributed by atoms with Crippen LogP contribution in [0.25, 0.3) is 0 Å². The van der Waals surface area contributed by atoms with E-state index >= 15 is 0 Å². The van der Waals surface area contributed by atoms with Crippen LogP contribution in [0.2, 0.25) is 0 Å². The monoisotopic (exact) mass is 293 g/mol. The summed E-state index contributed by atoms with van der Waals surface area (Å²) in [5.74, 6) is 0.0658. The van der Waals surface area contributed by atoms with Crippen LogP contribution in [-0.2, 0) is 6.42 Å². The summed E-state index contributed by atoms with van der Waals surface area (Å²) in [7, 11) is 2.06. The number of aldehydes is 1.